The summed E-state index contributed by atoms with van der Waals surface area (Å²) >= 11 is 0. The summed E-state index contributed by atoms with van der Waals surface area (Å²) < 4.78 is 0. The molecule has 0 aliphatic carbocycles. The van der Waals surface area contributed by atoms with Crippen LogP contribution in [0.2, 0.25) is 0 Å². The average Bonchev–Trinajstić information content (AvgIpc) is 3.04. The maximum atomic E-state index is 12.7. The van der Waals surface area contributed by atoms with Gasteiger partial charge < -0.3 is 14.9 Å². The molecular formula is C16H18N2O4. The molecular weight excluding hydrogens is 284 g/mol. The third-order valence-corrected chi connectivity index (χ3v) is 4.67. The summed E-state index contributed by atoms with van der Waals surface area (Å²) in [6.45, 7) is 0.831. The molecule has 6 nitrogen and oxygen atoms in total. The van der Waals surface area contributed by atoms with E-state index in [4.69, 9.17) is 5.11 Å². The zero-order valence-corrected chi connectivity index (χ0v) is 12.4. The normalized spacial score (nSPS) is 23.2. The molecule has 22 heavy (non-hydrogen) atoms. The number of amides is 2. The van der Waals surface area contributed by atoms with Gasteiger partial charge >= 0.3 is 5.97 Å². The number of hydrogen-bond acceptors (Lipinski definition) is 3. The number of fused-ring (bicyclic) bond motifs is 2. The highest BCUT2D eigenvalue weighted by atomic mass is 16.4. The first-order valence-corrected chi connectivity index (χ1v) is 7.33. The summed E-state index contributed by atoms with van der Waals surface area (Å²) in [7, 11) is 1.75. The van der Waals surface area contributed by atoms with E-state index in [1.165, 1.54) is 0 Å². The Morgan fingerprint density at radius 1 is 1.27 bits per heavy atom. The van der Waals surface area contributed by atoms with Crippen LogP contribution in [0, 0.1) is 0 Å². The molecule has 6 heteroatoms. The monoisotopic (exact) mass is 302 g/mol. The number of anilines is 1. The van der Waals surface area contributed by atoms with E-state index in [2.05, 4.69) is 0 Å². The van der Waals surface area contributed by atoms with Gasteiger partial charge in [0.25, 0.3) is 0 Å². The number of benzene rings is 1. The lowest BCUT2D eigenvalue weighted by Crippen LogP contribution is -2.42. The molecule has 1 aromatic rings. The second kappa shape index (κ2) is 5.12. The van der Waals surface area contributed by atoms with Crippen molar-refractivity contribution in [2.75, 3.05) is 25.0 Å². The maximum Gasteiger partial charge on any atom is 0.303 e. The third-order valence-electron chi connectivity index (χ3n) is 4.67. The highest BCUT2D eigenvalue weighted by Gasteiger charge is 2.53. The van der Waals surface area contributed by atoms with E-state index in [-0.39, 0.29) is 24.7 Å². The van der Waals surface area contributed by atoms with Crippen LogP contribution in [0.25, 0.3) is 0 Å². The minimum atomic E-state index is -0.982. The quantitative estimate of drug-likeness (QED) is 0.903. The van der Waals surface area contributed by atoms with Crippen molar-refractivity contribution < 1.29 is 19.5 Å². The van der Waals surface area contributed by atoms with Gasteiger partial charge in [0.2, 0.25) is 11.8 Å². The summed E-state index contributed by atoms with van der Waals surface area (Å²) in [4.78, 5) is 38.7. The van der Waals surface area contributed by atoms with Crippen LogP contribution in [-0.2, 0) is 19.8 Å². The lowest BCUT2D eigenvalue weighted by Gasteiger charge is -2.23. The zero-order chi connectivity index (χ0) is 15.9. The van der Waals surface area contributed by atoms with Gasteiger partial charge in [0.1, 0.15) is 0 Å². The highest BCUT2D eigenvalue weighted by molar-refractivity contribution is 6.08. The third kappa shape index (κ3) is 2.06. The largest absolute Gasteiger partial charge is 0.481 e. The van der Waals surface area contributed by atoms with Crippen molar-refractivity contribution in [3.63, 3.8) is 0 Å². The van der Waals surface area contributed by atoms with Gasteiger partial charge in [-0.25, -0.2) is 0 Å². The van der Waals surface area contributed by atoms with Crippen LogP contribution in [0.15, 0.2) is 24.3 Å². The Hall–Kier alpha value is -2.37. The summed E-state index contributed by atoms with van der Waals surface area (Å²) in [6, 6.07) is 7.66. The van der Waals surface area contributed by atoms with E-state index >= 15 is 0 Å². The maximum absolute atomic E-state index is 12.7. The van der Waals surface area contributed by atoms with Crippen molar-refractivity contribution in [3.8, 4) is 0 Å². The highest BCUT2D eigenvalue weighted by Crippen LogP contribution is 2.46. The molecule has 0 radical (unpaired) electrons. The molecule has 1 atom stereocenters. The number of carboxylic acid groups (broad SMARTS) is 1. The summed E-state index contributed by atoms with van der Waals surface area (Å²) in [5.74, 6) is -1.16. The van der Waals surface area contributed by atoms with Crippen LogP contribution in [0.1, 0.15) is 24.8 Å². The molecule has 1 saturated heterocycles. The molecule has 116 valence electrons. The topological polar surface area (TPSA) is 77.9 Å². The summed E-state index contributed by atoms with van der Waals surface area (Å²) in [5.41, 5.74) is 1.20. The van der Waals surface area contributed by atoms with E-state index in [1.54, 1.807) is 16.8 Å². The number of para-hydroxylation sites is 1. The van der Waals surface area contributed by atoms with Crippen LogP contribution in [0.5, 0.6) is 0 Å². The number of aliphatic carboxylic acids is 1. The number of hydrogen-bond donors (Lipinski definition) is 1. The summed E-state index contributed by atoms with van der Waals surface area (Å²) in [6.07, 6.45) is 0.399. The zero-order valence-electron chi connectivity index (χ0n) is 12.4. The van der Waals surface area contributed by atoms with Gasteiger partial charge in [-0.1, -0.05) is 18.2 Å². The van der Waals surface area contributed by atoms with E-state index in [9.17, 15) is 14.4 Å². The van der Waals surface area contributed by atoms with Crippen molar-refractivity contribution in [2.24, 2.45) is 0 Å². The molecule has 0 bridgehead atoms. The van der Waals surface area contributed by atoms with Gasteiger partial charge in [0.05, 0.1) is 11.8 Å². The average molecular weight is 302 g/mol. The Kier molecular flexibility index (Phi) is 3.39. The Bertz CT molecular complexity index is 657. The van der Waals surface area contributed by atoms with Crippen LogP contribution in [0.4, 0.5) is 5.69 Å². The molecule has 0 aromatic heterocycles. The van der Waals surface area contributed by atoms with Crippen molar-refractivity contribution >= 4 is 23.5 Å². The minimum absolute atomic E-state index is 0.0160. The smallest absolute Gasteiger partial charge is 0.303 e. The Labute approximate surface area is 128 Å². The van der Waals surface area contributed by atoms with Crippen molar-refractivity contribution in [2.45, 2.75) is 24.7 Å². The molecule has 1 N–H and O–H groups in total. The predicted molar refractivity (Wildman–Crippen MR) is 79.6 cm³/mol. The van der Waals surface area contributed by atoms with Crippen LogP contribution in [0.3, 0.4) is 0 Å². The first kappa shape index (κ1) is 14.6. The fraction of sp³-hybridized carbons (Fsp3) is 0.438. The van der Waals surface area contributed by atoms with Gasteiger partial charge in [-0.3, -0.25) is 14.4 Å². The van der Waals surface area contributed by atoms with E-state index in [0.29, 0.717) is 19.5 Å². The molecule has 2 aliphatic rings. The lowest BCUT2D eigenvalue weighted by molar-refractivity contribution is -0.140. The molecule has 1 unspecified atom stereocenters. The van der Waals surface area contributed by atoms with Crippen LogP contribution in [-0.4, -0.2) is 47.9 Å². The minimum Gasteiger partial charge on any atom is -0.481 e. The van der Waals surface area contributed by atoms with Crippen LogP contribution >= 0.6 is 0 Å². The second-order valence-corrected chi connectivity index (χ2v) is 5.92. The van der Waals surface area contributed by atoms with Gasteiger partial charge in [0, 0.05) is 32.2 Å². The van der Waals surface area contributed by atoms with Crippen molar-refractivity contribution in [1.29, 1.82) is 0 Å². The van der Waals surface area contributed by atoms with E-state index < -0.39 is 11.4 Å². The van der Waals surface area contributed by atoms with E-state index in [1.807, 2.05) is 24.3 Å². The standard InChI is InChI=1S/C16H18N2O4/c1-17-12-5-3-2-4-11(12)16(15(17)22)8-9-18(10-16)13(19)6-7-14(20)21/h2-5H,6-10H2,1H3,(H,20,21). The van der Waals surface area contributed by atoms with Gasteiger partial charge in [0.15, 0.2) is 0 Å². The number of likely N-dealkylation sites (N-methyl/N-ethyl adjacent to an activating group) is 1. The number of nitrogens with zero attached hydrogens (tertiary/aromatic N) is 2. The Morgan fingerprint density at radius 3 is 2.73 bits per heavy atom. The van der Waals surface area contributed by atoms with Gasteiger partial charge in [-0.05, 0) is 18.1 Å². The Balaban J connectivity index is 1.83. The molecule has 2 heterocycles. The van der Waals surface area contributed by atoms with E-state index in [0.717, 1.165) is 11.3 Å². The molecule has 1 aromatic carbocycles. The first-order valence-electron chi connectivity index (χ1n) is 7.33. The SMILES string of the molecule is CN1C(=O)C2(CCN(C(=O)CCC(=O)O)C2)c2ccccc21. The molecule has 3 rings (SSSR count). The summed E-state index contributed by atoms with van der Waals surface area (Å²) in [5, 5.41) is 8.69. The van der Waals surface area contributed by atoms with Gasteiger partial charge in [-0.15, -0.1) is 0 Å². The molecule has 2 amide bonds. The molecule has 1 spiro atoms. The fourth-order valence-corrected chi connectivity index (χ4v) is 3.51. The Morgan fingerprint density at radius 2 is 2.00 bits per heavy atom. The molecule has 0 saturated carbocycles. The fourth-order valence-electron chi connectivity index (χ4n) is 3.51. The molecule has 2 aliphatic heterocycles. The number of carboxylic acids is 1. The van der Waals surface area contributed by atoms with Gasteiger partial charge in [-0.2, -0.15) is 0 Å². The lowest BCUT2D eigenvalue weighted by atomic mass is 9.81. The number of carbonyl (C=O) groups excluding carboxylic acids is 2. The van der Waals surface area contributed by atoms with Crippen molar-refractivity contribution in [3.05, 3.63) is 29.8 Å². The number of rotatable bonds is 3. The number of carbonyl (C=O) groups is 3. The first-order chi connectivity index (χ1) is 10.5. The number of likely N-dealkylation sites (tertiary alicyclic amines) is 1. The van der Waals surface area contributed by atoms with Crippen LogP contribution < -0.4 is 4.90 Å². The molecule has 1 fully saturated rings. The predicted octanol–water partition coefficient (Wildman–Crippen LogP) is 0.998. The second-order valence-electron chi connectivity index (χ2n) is 5.92. The van der Waals surface area contributed by atoms with Crippen molar-refractivity contribution in [1.82, 2.24) is 4.90 Å².